The summed E-state index contributed by atoms with van der Waals surface area (Å²) in [6.07, 6.45) is 0. The molecule has 0 spiro atoms. The van der Waals surface area contributed by atoms with Crippen LogP contribution in [0.15, 0.2) is 24.3 Å². The fourth-order valence-electron chi connectivity index (χ4n) is 0.619. The standard InChI is InChI=1S/C8H8NO.Y/c1-9(10-2)8-6-4-3-5-7-8;/h1,3-6H,2H3;/q-1;. The Hall–Kier alpha value is -0.206. The van der Waals surface area contributed by atoms with Gasteiger partial charge in [0.25, 0.3) is 0 Å². The Kier molecular flexibility index (Phi) is 5.34. The third-order valence-corrected chi connectivity index (χ3v) is 1.13. The summed E-state index contributed by atoms with van der Waals surface area (Å²) >= 11 is 0. The van der Waals surface area contributed by atoms with Gasteiger partial charge in [0.2, 0.25) is 0 Å². The van der Waals surface area contributed by atoms with Gasteiger partial charge < -0.3 is 4.84 Å². The minimum absolute atomic E-state index is 0. The predicted octanol–water partition coefficient (Wildman–Crippen LogP) is 1.27. The average molecular weight is 223 g/mol. The van der Waals surface area contributed by atoms with Gasteiger partial charge in [0.05, 0.1) is 6.72 Å². The van der Waals surface area contributed by atoms with Crippen molar-refractivity contribution in [3.8, 4) is 0 Å². The first kappa shape index (κ1) is 10.8. The molecule has 55 valence electrons. The van der Waals surface area contributed by atoms with E-state index in [2.05, 4.69) is 6.07 Å². The van der Waals surface area contributed by atoms with Crippen LogP contribution in [0, 0.1) is 6.07 Å². The molecule has 0 saturated carbocycles. The summed E-state index contributed by atoms with van der Waals surface area (Å²) in [6, 6.07) is 10.2. The van der Waals surface area contributed by atoms with Gasteiger partial charge in [-0.2, -0.15) is 29.0 Å². The van der Waals surface area contributed by atoms with Gasteiger partial charge >= 0.3 is 0 Å². The molecule has 0 atom stereocenters. The number of nitrogens with zero attached hydrogens (tertiary/aromatic N) is 1. The summed E-state index contributed by atoms with van der Waals surface area (Å²) in [5, 5.41) is 0. The van der Waals surface area contributed by atoms with Crippen molar-refractivity contribution in [2.75, 3.05) is 7.11 Å². The van der Waals surface area contributed by atoms with E-state index >= 15 is 0 Å². The summed E-state index contributed by atoms with van der Waals surface area (Å²) in [5.74, 6) is 0. The second-order valence-electron chi connectivity index (χ2n) is 1.76. The molecule has 0 saturated heterocycles. The largest absolute Gasteiger partial charge is 0.312 e. The molecule has 11 heavy (non-hydrogen) atoms. The Bertz CT molecular complexity index is 223. The number of rotatable bonds is 2. The Morgan fingerprint density at radius 2 is 2.27 bits per heavy atom. The molecule has 0 N–H and O–H groups in total. The van der Waals surface area contributed by atoms with Gasteiger partial charge in [-0.25, -0.2) is 6.07 Å². The van der Waals surface area contributed by atoms with Crippen LogP contribution in [0.1, 0.15) is 0 Å². The SMILES string of the molecule is [CH-]=[N+](OC)c1[c-]cccc1.[Y]. The molecule has 0 amide bonds. The summed E-state index contributed by atoms with van der Waals surface area (Å²) in [7, 11) is 1.50. The molecule has 1 rings (SSSR count). The third-order valence-electron chi connectivity index (χ3n) is 1.13. The maximum absolute atomic E-state index is 5.37. The van der Waals surface area contributed by atoms with Gasteiger partial charge in [0.1, 0.15) is 7.11 Å². The van der Waals surface area contributed by atoms with Crippen molar-refractivity contribution in [2.45, 2.75) is 0 Å². The molecule has 0 aliphatic rings. The molecule has 0 heterocycles. The molecule has 0 fully saturated rings. The fraction of sp³-hybridized carbons (Fsp3) is 0.125. The molecular formula is C8H8NOY-. The summed E-state index contributed by atoms with van der Waals surface area (Å²) in [5.41, 5.74) is 0.713. The van der Waals surface area contributed by atoms with Crippen molar-refractivity contribution in [3.05, 3.63) is 30.3 Å². The first-order valence-corrected chi connectivity index (χ1v) is 2.90. The Morgan fingerprint density at radius 3 is 2.73 bits per heavy atom. The van der Waals surface area contributed by atoms with Crippen molar-refractivity contribution in [2.24, 2.45) is 0 Å². The van der Waals surface area contributed by atoms with Gasteiger partial charge in [0.15, 0.2) is 0 Å². The molecule has 1 radical (unpaired) electrons. The van der Waals surface area contributed by atoms with Crippen LogP contribution in [-0.4, -0.2) is 18.6 Å². The fourth-order valence-corrected chi connectivity index (χ4v) is 0.619. The Balaban J connectivity index is 0.000001000. The number of hydrogen-bond donors (Lipinski definition) is 0. The van der Waals surface area contributed by atoms with Crippen molar-refractivity contribution >= 4 is 12.4 Å². The molecule has 1 aromatic rings. The normalized spacial score (nSPS) is 8.09. The van der Waals surface area contributed by atoms with Gasteiger partial charge in [-0.15, -0.1) is 0 Å². The van der Waals surface area contributed by atoms with Crippen LogP contribution in [-0.2, 0) is 37.5 Å². The summed E-state index contributed by atoms with van der Waals surface area (Å²) in [6.45, 7) is 5.37. The maximum Gasteiger partial charge on any atom is 0.145 e. The van der Waals surface area contributed by atoms with Crippen LogP contribution in [0.25, 0.3) is 0 Å². The topological polar surface area (TPSA) is 12.2 Å². The van der Waals surface area contributed by atoms with E-state index in [1.807, 2.05) is 18.2 Å². The first-order chi connectivity index (χ1) is 4.84. The average Bonchev–Trinajstić information content (AvgIpc) is 2.05. The van der Waals surface area contributed by atoms with Gasteiger partial charge in [-0.3, -0.25) is 0 Å². The molecule has 3 heteroatoms. The van der Waals surface area contributed by atoms with Gasteiger partial charge in [-0.1, -0.05) is 0 Å². The van der Waals surface area contributed by atoms with Crippen molar-refractivity contribution in [1.82, 2.24) is 0 Å². The van der Waals surface area contributed by atoms with Crippen LogP contribution >= 0.6 is 0 Å². The van der Waals surface area contributed by atoms with E-state index in [9.17, 15) is 0 Å². The summed E-state index contributed by atoms with van der Waals surface area (Å²) < 4.78 is 1.15. The van der Waals surface area contributed by atoms with Crippen LogP contribution < -0.4 is 0 Å². The number of benzene rings is 1. The molecule has 1 aromatic carbocycles. The van der Waals surface area contributed by atoms with Crippen molar-refractivity contribution in [3.63, 3.8) is 0 Å². The van der Waals surface area contributed by atoms with Crippen LogP contribution in [0.2, 0.25) is 0 Å². The molecule has 0 aliphatic heterocycles. The van der Waals surface area contributed by atoms with Gasteiger partial charge in [-0.05, 0) is 5.69 Å². The minimum Gasteiger partial charge on any atom is -0.312 e. The van der Waals surface area contributed by atoms with Crippen molar-refractivity contribution < 1.29 is 42.3 Å². The Morgan fingerprint density at radius 1 is 1.55 bits per heavy atom. The molecule has 0 aromatic heterocycles. The van der Waals surface area contributed by atoms with E-state index in [1.54, 1.807) is 6.07 Å². The smallest absolute Gasteiger partial charge is 0.145 e. The number of hydrogen-bond acceptors (Lipinski definition) is 1. The zero-order chi connectivity index (χ0) is 7.40. The van der Waals surface area contributed by atoms with E-state index < -0.39 is 0 Å². The summed E-state index contributed by atoms with van der Waals surface area (Å²) in [4.78, 5) is 4.72. The quantitative estimate of drug-likeness (QED) is 0.318. The van der Waals surface area contributed by atoms with E-state index in [0.717, 1.165) is 4.74 Å². The molecule has 2 nitrogen and oxygen atoms in total. The zero-order valence-electron chi connectivity index (χ0n) is 6.32. The van der Waals surface area contributed by atoms with Gasteiger partial charge in [0, 0.05) is 32.7 Å². The minimum atomic E-state index is 0. The second kappa shape index (κ2) is 5.45. The second-order valence-corrected chi connectivity index (χ2v) is 1.76. The van der Waals surface area contributed by atoms with E-state index in [4.69, 9.17) is 11.6 Å². The van der Waals surface area contributed by atoms with E-state index in [1.165, 1.54) is 7.11 Å². The monoisotopic (exact) mass is 223 g/mol. The van der Waals surface area contributed by atoms with Crippen LogP contribution in [0.4, 0.5) is 5.69 Å². The molecular weight excluding hydrogens is 215 g/mol. The Labute approximate surface area is 91.7 Å². The molecule has 0 bridgehead atoms. The van der Waals surface area contributed by atoms with Crippen molar-refractivity contribution in [1.29, 1.82) is 0 Å². The zero-order valence-corrected chi connectivity index (χ0v) is 9.16. The van der Waals surface area contributed by atoms with Crippen LogP contribution in [0.5, 0.6) is 0 Å². The number of para-hydroxylation sites is 1. The van der Waals surface area contributed by atoms with Crippen LogP contribution in [0.3, 0.4) is 0 Å². The van der Waals surface area contributed by atoms with E-state index in [-0.39, 0.29) is 32.7 Å². The third kappa shape index (κ3) is 3.13. The maximum atomic E-state index is 5.37. The predicted molar refractivity (Wildman–Crippen MR) is 38.3 cm³/mol. The first-order valence-electron chi connectivity index (χ1n) is 2.90. The molecule has 0 aliphatic carbocycles. The van der Waals surface area contributed by atoms with E-state index in [0.29, 0.717) is 5.69 Å². The molecule has 0 unspecified atom stereocenters.